The summed E-state index contributed by atoms with van der Waals surface area (Å²) >= 11 is 0. The molecule has 0 saturated heterocycles. The lowest BCUT2D eigenvalue weighted by atomic mass is 10.0. The Morgan fingerprint density at radius 2 is 0.647 bits per heavy atom. The first-order valence-electron chi connectivity index (χ1n) is 30.5. The van der Waals surface area contributed by atoms with Crippen LogP contribution in [0, 0.1) is 0 Å². The number of unbranched alkanes of at least 4 members (excludes halogenated alkanes) is 39. The van der Waals surface area contributed by atoms with Crippen molar-refractivity contribution in [1.29, 1.82) is 0 Å². The number of allylic oxidation sites excluding steroid dienone is 10. The van der Waals surface area contributed by atoms with Crippen molar-refractivity contribution in [3.63, 3.8) is 0 Å². The summed E-state index contributed by atoms with van der Waals surface area (Å²) in [5.41, 5.74) is 0. The van der Waals surface area contributed by atoms with Crippen LogP contribution in [0.5, 0.6) is 0 Å². The summed E-state index contributed by atoms with van der Waals surface area (Å²) in [6, 6.07) is -0.535. The monoisotopic (exact) mass is 950 g/mol. The van der Waals surface area contributed by atoms with Crippen LogP contribution in [0.3, 0.4) is 0 Å². The van der Waals surface area contributed by atoms with Crippen LogP contribution in [0.15, 0.2) is 60.8 Å². The van der Waals surface area contributed by atoms with Crippen molar-refractivity contribution < 1.29 is 15.0 Å². The Morgan fingerprint density at radius 1 is 0.368 bits per heavy atom. The Bertz CT molecular complexity index is 1120. The molecule has 398 valence electrons. The number of aliphatic hydroxyl groups is 2. The minimum Gasteiger partial charge on any atom is -0.394 e. The molecule has 0 bridgehead atoms. The highest BCUT2D eigenvalue weighted by atomic mass is 16.3. The third kappa shape index (κ3) is 55.0. The first kappa shape index (κ1) is 66.1. The third-order valence-electron chi connectivity index (χ3n) is 14.0. The summed E-state index contributed by atoms with van der Waals surface area (Å²) in [6.07, 6.45) is 83.8. The Kier molecular flexibility index (Phi) is 57.7. The molecule has 3 N–H and O–H groups in total. The molecule has 0 rings (SSSR count). The largest absolute Gasteiger partial charge is 0.394 e. The van der Waals surface area contributed by atoms with Crippen molar-refractivity contribution in [2.75, 3.05) is 6.61 Å². The lowest BCUT2D eigenvalue weighted by Crippen LogP contribution is -2.45. The molecule has 4 nitrogen and oxygen atoms in total. The molecule has 1 amide bonds. The fraction of sp³-hybridized carbons (Fsp3) is 0.828. The molecule has 0 aromatic rings. The molecule has 4 heteroatoms. The van der Waals surface area contributed by atoms with Gasteiger partial charge < -0.3 is 15.5 Å². The number of rotatable bonds is 56. The molecular weight excluding hydrogens is 831 g/mol. The standard InChI is InChI=1S/C64H119NO3/c1-3-5-7-9-11-13-15-17-19-20-21-22-23-24-25-26-27-28-29-30-31-32-33-34-35-36-37-38-39-40-41-42-43-44-46-48-50-52-54-56-58-60-64(68)65-62(61-66)63(67)59-57-55-53-51-49-47-45-18-16-14-12-10-8-6-4-2/h5,7,11,13,17,19,21-22,24-25,62-63,66-67H,3-4,6,8-10,12,14-16,18,20,23,26-61H2,1-2H3,(H,65,68)/b7-5-,13-11-,19-17-,22-21-,25-24-. The molecule has 0 aromatic carbocycles. The van der Waals surface area contributed by atoms with Crippen LogP contribution in [0.2, 0.25) is 0 Å². The zero-order valence-corrected chi connectivity index (χ0v) is 45.9. The van der Waals surface area contributed by atoms with Crippen LogP contribution < -0.4 is 5.32 Å². The van der Waals surface area contributed by atoms with Gasteiger partial charge in [0.15, 0.2) is 0 Å². The van der Waals surface area contributed by atoms with Gasteiger partial charge in [-0.2, -0.15) is 0 Å². The average Bonchev–Trinajstić information content (AvgIpc) is 3.34. The van der Waals surface area contributed by atoms with Gasteiger partial charge in [0.2, 0.25) is 5.91 Å². The van der Waals surface area contributed by atoms with E-state index in [9.17, 15) is 15.0 Å². The molecular formula is C64H119NO3. The summed E-state index contributed by atoms with van der Waals surface area (Å²) in [7, 11) is 0. The van der Waals surface area contributed by atoms with E-state index < -0.39 is 12.1 Å². The predicted molar refractivity (Wildman–Crippen MR) is 304 cm³/mol. The maximum absolute atomic E-state index is 12.5. The molecule has 0 radical (unpaired) electrons. The number of hydrogen-bond donors (Lipinski definition) is 3. The van der Waals surface area contributed by atoms with E-state index in [2.05, 4.69) is 79.9 Å². The van der Waals surface area contributed by atoms with Crippen molar-refractivity contribution in [3.05, 3.63) is 60.8 Å². The first-order chi connectivity index (χ1) is 33.7. The van der Waals surface area contributed by atoms with Gasteiger partial charge in [-0.05, 0) is 57.8 Å². The van der Waals surface area contributed by atoms with Gasteiger partial charge in [0.25, 0.3) is 0 Å². The fourth-order valence-electron chi connectivity index (χ4n) is 9.45. The zero-order valence-electron chi connectivity index (χ0n) is 45.9. The molecule has 0 aliphatic rings. The normalized spacial score (nSPS) is 13.2. The smallest absolute Gasteiger partial charge is 0.220 e. The van der Waals surface area contributed by atoms with Crippen LogP contribution in [0.1, 0.15) is 322 Å². The van der Waals surface area contributed by atoms with Gasteiger partial charge in [0.1, 0.15) is 0 Å². The highest BCUT2D eigenvalue weighted by Crippen LogP contribution is 2.18. The maximum Gasteiger partial charge on any atom is 0.220 e. The van der Waals surface area contributed by atoms with E-state index in [1.165, 1.54) is 238 Å². The van der Waals surface area contributed by atoms with Crippen LogP contribution in [0.4, 0.5) is 0 Å². The Morgan fingerprint density at radius 3 is 0.971 bits per heavy atom. The summed E-state index contributed by atoms with van der Waals surface area (Å²) in [6.45, 7) is 4.27. The van der Waals surface area contributed by atoms with E-state index in [4.69, 9.17) is 0 Å². The number of hydrogen-bond acceptors (Lipinski definition) is 3. The maximum atomic E-state index is 12.5. The minimum atomic E-state index is -0.658. The van der Waals surface area contributed by atoms with Crippen molar-refractivity contribution in [3.8, 4) is 0 Å². The number of carbonyl (C=O) groups is 1. The molecule has 0 aromatic heterocycles. The summed E-state index contributed by atoms with van der Waals surface area (Å²) in [4.78, 5) is 12.5. The van der Waals surface area contributed by atoms with E-state index in [1.807, 2.05) is 0 Å². The Hall–Kier alpha value is -1.91. The second kappa shape index (κ2) is 59.4. The quantitative estimate of drug-likeness (QED) is 0.0420. The number of aliphatic hydroxyl groups excluding tert-OH is 2. The van der Waals surface area contributed by atoms with Crippen molar-refractivity contribution in [1.82, 2.24) is 5.32 Å². The van der Waals surface area contributed by atoms with Gasteiger partial charge in [-0.3, -0.25) is 4.79 Å². The molecule has 0 aliphatic carbocycles. The fourth-order valence-corrected chi connectivity index (χ4v) is 9.45. The molecule has 0 fully saturated rings. The number of amides is 1. The van der Waals surface area contributed by atoms with Crippen LogP contribution in [-0.4, -0.2) is 34.9 Å². The number of carbonyl (C=O) groups excluding carboxylic acids is 1. The number of nitrogens with one attached hydrogen (secondary N) is 1. The van der Waals surface area contributed by atoms with Gasteiger partial charge in [-0.25, -0.2) is 0 Å². The summed E-state index contributed by atoms with van der Waals surface area (Å²) in [5, 5.41) is 23.3. The Labute approximate surface area is 426 Å². The topological polar surface area (TPSA) is 69.6 Å². The van der Waals surface area contributed by atoms with Crippen LogP contribution in [0.25, 0.3) is 0 Å². The van der Waals surface area contributed by atoms with E-state index in [1.54, 1.807) is 0 Å². The van der Waals surface area contributed by atoms with Crippen LogP contribution >= 0.6 is 0 Å². The van der Waals surface area contributed by atoms with Gasteiger partial charge >= 0.3 is 0 Å². The molecule has 0 saturated carbocycles. The lowest BCUT2D eigenvalue weighted by Gasteiger charge is -2.22. The van der Waals surface area contributed by atoms with Gasteiger partial charge in [0, 0.05) is 6.42 Å². The molecule has 68 heavy (non-hydrogen) atoms. The molecule has 0 heterocycles. The summed E-state index contributed by atoms with van der Waals surface area (Å²) in [5.74, 6) is -0.0260. The van der Waals surface area contributed by atoms with Gasteiger partial charge in [-0.15, -0.1) is 0 Å². The molecule has 0 spiro atoms. The van der Waals surface area contributed by atoms with E-state index >= 15 is 0 Å². The average molecular weight is 951 g/mol. The SMILES string of the molecule is CC/C=C\C/C=C\C/C=C\C/C=C\C/C=C\CCCCCCCCCCCCCCCCCCCCCCCCCCCC(=O)NC(CO)C(O)CCCCCCCCCCCCCCCCC. The second-order valence-electron chi connectivity index (χ2n) is 20.7. The van der Waals surface area contributed by atoms with E-state index in [-0.39, 0.29) is 12.5 Å². The van der Waals surface area contributed by atoms with E-state index in [0.717, 1.165) is 57.8 Å². The lowest BCUT2D eigenvalue weighted by molar-refractivity contribution is -0.123. The van der Waals surface area contributed by atoms with Crippen molar-refractivity contribution >= 4 is 5.91 Å². The van der Waals surface area contributed by atoms with E-state index in [0.29, 0.717) is 12.8 Å². The zero-order chi connectivity index (χ0) is 49.2. The second-order valence-corrected chi connectivity index (χ2v) is 20.7. The minimum absolute atomic E-state index is 0.0260. The predicted octanol–water partition coefficient (Wildman–Crippen LogP) is 20.4. The third-order valence-corrected chi connectivity index (χ3v) is 14.0. The van der Waals surface area contributed by atoms with Crippen molar-refractivity contribution in [2.45, 2.75) is 334 Å². The van der Waals surface area contributed by atoms with Gasteiger partial charge in [-0.1, -0.05) is 319 Å². The highest BCUT2D eigenvalue weighted by molar-refractivity contribution is 5.76. The first-order valence-corrected chi connectivity index (χ1v) is 30.5. The Balaban J connectivity index is 3.38. The van der Waals surface area contributed by atoms with Gasteiger partial charge in [0.05, 0.1) is 18.8 Å². The molecule has 2 atom stereocenters. The molecule has 0 aliphatic heterocycles. The van der Waals surface area contributed by atoms with Crippen LogP contribution in [-0.2, 0) is 4.79 Å². The molecule has 2 unspecified atom stereocenters. The highest BCUT2D eigenvalue weighted by Gasteiger charge is 2.20. The van der Waals surface area contributed by atoms with Crippen molar-refractivity contribution in [2.24, 2.45) is 0 Å². The summed E-state index contributed by atoms with van der Waals surface area (Å²) < 4.78 is 0.